The van der Waals surface area contributed by atoms with Gasteiger partial charge in [0.25, 0.3) is 5.56 Å². The Morgan fingerprint density at radius 1 is 1.42 bits per heavy atom. The average molecular weight is 372 g/mol. The summed E-state index contributed by atoms with van der Waals surface area (Å²) in [7, 11) is 0. The molecule has 1 aromatic carbocycles. The number of benzene rings is 1. The first-order chi connectivity index (χ1) is 12.5. The molecule has 0 saturated heterocycles. The van der Waals surface area contributed by atoms with Gasteiger partial charge in [0.05, 0.1) is 18.5 Å². The van der Waals surface area contributed by atoms with Gasteiger partial charge in [-0.05, 0) is 44.2 Å². The van der Waals surface area contributed by atoms with Gasteiger partial charge in [-0.25, -0.2) is 9.31 Å². The quantitative estimate of drug-likeness (QED) is 0.709. The molecule has 26 heavy (non-hydrogen) atoms. The van der Waals surface area contributed by atoms with Gasteiger partial charge >= 0.3 is 5.97 Å². The first kappa shape index (κ1) is 16.8. The number of H-pyrrole nitrogens is 1. The van der Waals surface area contributed by atoms with Gasteiger partial charge in [-0.1, -0.05) is 23.7 Å². The lowest BCUT2D eigenvalue weighted by Gasteiger charge is -2.05. The number of hydrogen-bond donors (Lipinski definition) is 1. The number of aryl methyl sites for hydroxylation is 1. The fourth-order valence-electron chi connectivity index (χ4n) is 3.12. The summed E-state index contributed by atoms with van der Waals surface area (Å²) in [6.45, 7) is 3.93. The number of esters is 1. The van der Waals surface area contributed by atoms with Crippen molar-refractivity contribution in [3.05, 3.63) is 56.6 Å². The highest BCUT2D eigenvalue weighted by Gasteiger charge is 2.34. The second kappa shape index (κ2) is 6.29. The van der Waals surface area contributed by atoms with Gasteiger partial charge < -0.3 is 9.72 Å². The van der Waals surface area contributed by atoms with Crippen LogP contribution in [0.3, 0.4) is 0 Å². The maximum atomic E-state index is 12.8. The normalized spacial score (nSPS) is 14.0. The molecule has 4 rings (SSSR count). The van der Waals surface area contributed by atoms with Crippen LogP contribution in [-0.2, 0) is 4.74 Å². The van der Waals surface area contributed by atoms with Gasteiger partial charge in [-0.2, -0.15) is 5.10 Å². The maximum Gasteiger partial charge on any atom is 0.359 e. The average Bonchev–Trinajstić information content (AvgIpc) is 3.37. The lowest BCUT2D eigenvalue weighted by Crippen LogP contribution is -2.12. The Kier molecular flexibility index (Phi) is 4.07. The van der Waals surface area contributed by atoms with E-state index in [0.29, 0.717) is 21.8 Å². The summed E-state index contributed by atoms with van der Waals surface area (Å²) in [5.41, 5.74) is 3.39. The number of halogens is 1. The predicted octanol–water partition coefficient (Wildman–Crippen LogP) is 3.71. The molecule has 134 valence electrons. The van der Waals surface area contributed by atoms with Crippen LogP contribution in [0.25, 0.3) is 16.8 Å². The zero-order valence-electron chi connectivity index (χ0n) is 14.5. The van der Waals surface area contributed by atoms with Crippen LogP contribution in [-0.4, -0.2) is 27.2 Å². The third-order valence-electron chi connectivity index (χ3n) is 4.60. The molecule has 0 amide bonds. The van der Waals surface area contributed by atoms with Crippen molar-refractivity contribution in [1.82, 2.24) is 14.6 Å². The third-order valence-corrected chi connectivity index (χ3v) is 5.01. The van der Waals surface area contributed by atoms with Gasteiger partial charge in [0.15, 0.2) is 5.69 Å². The third kappa shape index (κ3) is 2.80. The van der Waals surface area contributed by atoms with E-state index in [1.807, 2.05) is 19.1 Å². The SMILES string of the molecule is CCOC(=O)c1nn2cc(-c3ccc(C)c(Cl)c3)[nH]c(=O)c2c1C1CC1. The van der Waals surface area contributed by atoms with Crippen LogP contribution in [0.4, 0.5) is 0 Å². The summed E-state index contributed by atoms with van der Waals surface area (Å²) in [6.07, 6.45) is 3.61. The molecule has 0 bridgehead atoms. The van der Waals surface area contributed by atoms with Crippen molar-refractivity contribution >= 4 is 23.1 Å². The van der Waals surface area contributed by atoms with Crippen LogP contribution in [0.2, 0.25) is 5.02 Å². The molecule has 0 aliphatic heterocycles. The van der Waals surface area contributed by atoms with Gasteiger partial charge in [0.2, 0.25) is 0 Å². The number of nitrogens with zero attached hydrogens (tertiary/aromatic N) is 2. The fourth-order valence-corrected chi connectivity index (χ4v) is 3.30. The molecule has 0 atom stereocenters. The lowest BCUT2D eigenvalue weighted by atomic mass is 10.1. The van der Waals surface area contributed by atoms with Crippen LogP contribution in [0.1, 0.15) is 47.3 Å². The molecule has 1 aliphatic rings. The number of nitrogens with one attached hydrogen (secondary N) is 1. The zero-order chi connectivity index (χ0) is 18.4. The minimum Gasteiger partial charge on any atom is -0.461 e. The first-order valence-electron chi connectivity index (χ1n) is 8.58. The number of ether oxygens (including phenoxy) is 1. The van der Waals surface area contributed by atoms with Crippen molar-refractivity contribution in [3.63, 3.8) is 0 Å². The maximum absolute atomic E-state index is 12.8. The topological polar surface area (TPSA) is 76.5 Å². The van der Waals surface area contributed by atoms with E-state index in [2.05, 4.69) is 10.1 Å². The molecule has 0 spiro atoms. The molecule has 3 aromatic rings. The molecular weight excluding hydrogens is 354 g/mol. The summed E-state index contributed by atoms with van der Waals surface area (Å²) >= 11 is 6.20. The molecule has 2 heterocycles. The molecule has 1 saturated carbocycles. The Morgan fingerprint density at radius 3 is 2.85 bits per heavy atom. The highest BCUT2D eigenvalue weighted by molar-refractivity contribution is 6.31. The van der Waals surface area contributed by atoms with E-state index in [4.69, 9.17) is 16.3 Å². The minimum atomic E-state index is -0.488. The highest BCUT2D eigenvalue weighted by atomic mass is 35.5. The number of rotatable bonds is 4. The van der Waals surface area contributed by atoms with Gasteiger partial charge in [0, 0.05) is 16.1 Å². The number of carbonyl (C=O) groups is 1. The van der Waals surface area contributed by atoms with Crippen molar-refractivity contribution in [2.24, 2.45) is 0 Å². The Morgan fingerprint density at radius 2 is 2.19 bits per heavy atom. The molecule has 1 N–H and O–H groups in total. The summed E-state index contributed by atoms with van der Waals surface area (Å²) in [5, 5.41) is 4.99. The molecule has 1 fully saturated rings. The van der Waals surface area contributed by atoms with E-state index < -0.39 is 5.97 Å². The van der Waals surface area contributed by atoms with Gasteiger partial charge in [-0.15, -0.1) is 0 Å². The number of carbonyl (C=O) groups excluding carboxylic acids is 1. The van der Waals surface area contributed by atoms with Crippen molar-refractivity contribution in [3.8, 4) is 11.3 Å². The fraction of sp³-hybridized carbons (Fsp3) is 0.316. The lowest BCUT2D eigenvalue weighted by molar-refractivity contribution is 0.0517. The molecule has 6 nitrogen and oxygen atoms in total. The standard InChI is InChI=1S/C19H18ClN3O3/c1-3-26-19(25)16-15(11-6-7-11)17-18(24)21-14(9-23(17)22-16)12-5-4-10(2)13(20)8-12/h4-5,8-9,11H,3,6-7H2,1-2H3,(H,21,24). The van der Waals surface area contributed by atoms with E-state index in [-0.39, 0.29) is 23.8 Å². The van der Waals surface area contributed by atoms with Gasteiger partial charge in [0.1, 0.15) is 5.52 Å². The molecule has 2 aromatic heterocycles. The number of aromatic amines is 1. The summed E-state index contributed by atoms with van der Waals surface area (Å²) < 4.78 is 6.60. The van der Waals surface area contributed by atoms with E-state index in [9.17, 15) is 9.59 Å². The Hall–Kier alpha value is -2.60. The first-order valence-corrected chi connectivity index (χ1v) is 8.96. The van der Waals surface area contributed by atoms with Crippen molar-refractivity contribution in [2.75, 3.05) is 6.61 Å². The Labute approximate surface area is 154 Å². The van der Waals surface area contributed by atoms with E-state index in [1.54, 1.807) is 19.2 Å². The summed E-state index contributed by atoms with van der Waals surface area (Å²) in [6, 6.07) is 5.57. The molecule has 0 unspecified atom stereocenters. The van der Waals surface area contributed by atoms with E-state index in [0.717, 1.165) is 24.0 Å². The predicted molar refractivity (Wildman–Crippen MR) is 98.9 cm³/mol. The van der Waals surface area contributed by atoms with Crippen molar-refractivity contribution < 1.29 is 9.53 Å². The Bertz CT molecular complexity index is 1080. The minimum absolute atomic E-state index is 0.188. The monoisotopic (exact) mass is 371 g/mol. The van der Waals surface area contributed by atoms with E-state index >= 15 is 0 Å². The number of fused-ring (bicyclic) bond motifs is 1. The van der Waals surface area contributed by atoms with Crippen LogP contribution < -0.4 is 5.56 Å². The second-order valence-corrected chi connectivity index (χ2v) is 6.92. The summed E-state index contributed by atoms with van der Waals surface area (Å²) in [5.74, 6) is -0.301. The van der Waals surface area contributed by atoms with Crippen LogP contribution in [0.5, 0.6) is 0 Å². The molecular formula is C19H18ClN3O3. The van der Waals surface area contributed by atoms with Crippen LogP contribution in [0.15, 0.2) is 29.2 Å². The van der Waals surface area contributed by atoms with Crippen molar-refractivity contribution in [1.29, 1.82) is 0 Å². The number of aromatic nitrogens is 3. The number of hydrogen-bond acceptors (Lipinski definition) is 4. The van der Waals surface area contributed by atoms with E-state index in [1.165, 1.54) is 4.52 Å². The second-order valence-electron chi connectivity index (χ2n) is 6.51. The zero-order valence-corrected chi connectivity index (χ0v) is 15.3. The highest BCUT2D eigenvalue weighted by Crippen LogP contribution is 2.43. The molecule has 1 aliphatic carbocycles. The van der Waals surface area contributed by atoms with Crippen molar-refractivity contribution in [2.45, 2.75) is 32.6 Å². The smallest absolute Gasteiger partial charge is 0.359 e. The van der Waals surface area contributed by atoms with Crippen LogP contribution >= 0.6 is 11.6 Å². The van der Waals surface area contributed by atoms with Gasteiger partial charge in [-0.3, -0.25) is 4.79 Å². The largest absolute Gasteiger partial charge is 0.461 e. The Balaban J connectivity index is 1.91. The van der Waals surface area contributed by atoms with Crippen LogP contribution in [0, 0.1) is 6.92 Å². The summed E-state index contributed by atoms with van der Waals surface area (Å²) in [4.78, 5) is 28.0. The molecule has 0 radical (unpaired) electrons. The molecule has 7 heteroatoms.